The monoisotopic (exact) mass is 332 g/mol. The Hall–Kier alpha value is -2.18. The van der Waals surface area contributed by atoms with E-state index in [9.17, 15) is 19.5 Å². The number of hydrogen-bond donors (Lipinski definition) is 0. The molecule has 2 fully saturated rings. The zero-order valence-electron chi connectivity index (χ0n) is 12.0. The van der Waals surface area contributed by atoms with Crippen LogP contribution in [0.15, 0.2) is 30.4 Å². The Labute approximate surface area is 136 Å². The Balaban J connectivity index is 1.78. The van der Waals surface area contributed by atoms with Gasteiger partial charge in [0.2, 0.25) is 11.8 Å². The van der Waals surface area contributed by atoms with E-state index in [0.29, 0.717) is 0 Å². The topological polar surface area (TPSA) is 86.7 Å². The number of carboxylic acid groups (broad SMARTS) is 1. The molecule has 23 heavy (non-hydrogen) atoms. The Kier molecular flexibility index (Phi) is 2.77. The molecule has 118 valence electrons. The molecule has 4 atom stereocenters. The first-order valence-corrected chi connectivity index (χ1v) is 7.47. The fourth-order valence-electron chi connectivity index (χ4n) is 3.72. The van der Waals surface area contributed by atoms with E-state index in [-0.39, 0.29) is 28.1 Å². The highest BCUT2D eigenvalue weighted by Crippen LogP contribution is 2.52. The van der Waals surface area contributed by atoms with Crippen LogP contribution in [0.1, 0.15) is 17.3 Å². The van der Waals surface area contributed by atoms with Gasteiger partial charge in [-0.25, -0.2) is 4.90 Å². The molecule has 0 aliphatic carbocycles. The van der Waals surface area contributed by atoms with Gasteiger partial charge < -0.3 is 14.6 Å². The molecule has 0 radical (unpaired) electrons. The van der Waals surface area contributed by atoms with Crippen molar-refractivity contribution in [3.63, 3.8) is 0 Å². The Bertz CT molecular complexity index is 804. The van der Waals surface area contributed by atoms with Crippen molar-refractivity contribution in [1.29, 1.82) is 0 Å². The molecular formula is C16H11ClNO5-. The van der Waals surface area contributed by atoms with Crippen molar-refractivity contribution in [3.8, 4) is 0 Å². The minimum atomic E-state index is -1.46. The van der Waals surface area contributed by atoms with Gasteiger partial charge in [0.15, 0.2) is 0 Å². The Morgan fingerprint density at radius 2 is 2.09 bits per heavy atom. The van der Waals surface area contributed by atoms with Crippen LogP contribution in [0.5, 0.6) is 0 Å². The van der Waals surface area contributed by atoms with E-state index in [0.717, 1.165) is 4.90 Å². The normalized spacial score (nSPS) is 34.3. The second kappa shape index (κ2) is 4.43. The van der Waals surface area contributed by atoms with Gasteiger partial charge >= 0.3 is 0 Å². The van der Waals surface area contributed by atoms with Gasteiger partial charge in [0.1, 0.15) is 0 Å². The van der Waals surface area contributed by atoms with Crippen molar-refractivity contribution in [2.75, 3.05) is 4.90 Å². The fraction of sp³-hybridized carbons (Fsp3) is 0.312. The largest absolute Gasteiger partial charge is 0.545 e. The summed E-state index contributed by atoms with van der Waals surface area (Å²) in [4.78, 5) is 37.6. The summed E-state index contributed by atoms with van der Waals surface area (Å²) in [6, 6.07) is 3.97. The van der Waals surface area contributed by atoms with Gasteiger partial charge in [0.25, 0.3) is 0 Å². The molecule has 0 aromatic heterocycles. The molecule has 6 nitrogen and oxygen atoms in total. The van der Waals surface area contributed by atoms with Crippen molar-refractivity contribution in [2.45, 2.75) is 18.6 Å². The molecule has 1 aromatic rings. The highest BCUT2D eigenvalue weighted by molar-refractivity contribution is 6.33. The van der Waals surface area contributed by atoms with E-state index in [4.69, 9.17) is 16.3 Å². The van der Waals surface area contributed by atoms with E-state index in [1.807, 2.05) is 6.08 Å². The van der Waals surface area contributed by atoms with Gasteiger partial charge in [0, 0.05) is 10.6 Å². The lowest BCUT2D eigenvalue weighted by Gasteiger charge is -2.24. The van der Waals surface area contributed by atoms with E-state index in [2.05, 4.69) is 0 Å². The smallest absolute Gasteiger partial charge is 0.241 e. The lowest BCUT2D eigenvalue weighted by atomic mass is 9.78. The maximum absolute atomic E-state index is 12.8. The molecule has 1 aromatic carbocycles. The van der Waals surface area contributed by atoms with Crippen LogP contribution in [-0.2, 0) is 14.3 Å². The molecule has 4 rings (SSSR count). The molecule has 2 bridgehead atoms. The summed E-state index contributed by atoms with van der Waals surface area (Å²) >= 11 is 5.81. The van der Waals surface area contributed by atoms with Crippen molar-refractivity contribution in [2.24, 2.45) is 11.8 Å². The first-order chi connectivity index (χ1) is 10.8. The number of hydrogen-bond acceptors (Lipinski definition) is 5. The van der Waals surface area contributed by atoms with Gasteiger partial charge in [-0.1, -0.05) is 23.8 Å². The lowest BCUT2D eigenvalue weighted by molar-refractivity contribution is -0.255. The van der Waals surface area contributed by atoms with Crippen molar-refractivity contribution in [3.05, 3.63) is 40.9 Å². The fourth-order valence-corrected chi connectivity index (χ4v) is 3.91. The van der Waals surface area contributed by atoms with E-state index < -0.39 is 29.5 Å². The predicted molar refractivity (Wildman–Crippen MR) is 77.7 cm³/mol. The minimum Gasteiger partial charge on any atom is -0.545 e. The third-order valence-electron chi connectivity index (χ3n) is 4.76. The van der Waals surface area contributed by atoms with Crippen LogP contribution in [0, 0.1) is 11.8 Å². The van der Waals surface area contributed by atoms with E-state index in [1.54, 1.807) is 13.0 Å². The van der Waals surface area contributed by atoms with Gasteiger partial charge in [0.05, 0.1) is 35.2 Å². The zero-order chi connectivity index (χ0) is 16.5. The second-order valence-corrected chi connectivity index (χ2v) is 6.50. The molecule has 2 amide bonds. The average Bonchev–Trinajstić information content (AvgIpc) is 3.09. The zero-order valence-corrected chi connectivity index (χ0v) is 12.7. The highest BCUT2D eigenvalue weighted by atomic mass is 35.5. The van der Waals surface area contributed by atoms with Crippen molar-refractivity contribution < 1.29 is 24.2 Å². The summed E-state index contributed by atoms with van der Waals surface area (Å²) < 4.78 is 5.73. The van der Waals surface area contributed by atoms with Crippen LogP contribution in [0.3, 0.4) is 0 Å². The molecular weight excluding hydrogens is 322 g/mol. The van der Waals surface area contributed by atoms with Crippen molar-refractivity contribution >= 4 is 35.1 Å². The van der Waals surface area contributed by atoms with Crippen LogP contribution in [-0.4, -0.2) is 29.5 Å². The van der Waals surface area contributed by atoms with Gasteiger partial charge in [-0.15, -0.1) is 0 Å². The number of aromatic carboxylic acids is 1. The quantitative estimate of drug-likeness (QED) is 0.582. The number of carbonyl (C=O) groups excluding carboxylic acids is 3. The van der Waals surface area contributed by atoms with Gasteiger partial charge in [-0.2, -0.15) is 0 Å². The van der Waals surface area contributed by atoms with Crippen LogP contribution in [0.25, 0.3) is 0 Å². The first kappa shape index (κ1) is 14.4. The number of nitrogens with zero attached hydrogens (tertiary/aromatic N) is 1. The SMILES string of the molecule is CC12C=CC(O1)C1C(=O)N(c3ccc(Cl)c(C(=O)[O-])c3)C(=O)C12. The molecule has 3 aliphatic heterocycles. The number of anilines is 1. The number of imide groups is 1. The Morgan fingerprint density at radius 3 is 2.74 bits per heavy atom. The highest BCUT2D eigenvalue weighted by Gasteiger charge is 2.66. The predicted octanol–water partition coefficient (Wildman–Crippen LogP) is 0.536. The van der Waals surface area contributed by atoms with Crippen LogP contribution >= 0.6 is 11.6 Å². The molecule has 0 spiro atoms. The van der Waals surface area contributed by atoms with Crippen LogP contribution in [0.4, 0.5) is 5.69 Å². The Morgan fingerprint density at radius 1 is 1.35 bits per heavy atom. The van der Waals surface area contributed by atoms with Crippen LogP contribution < -0.4 is 10.0 Å². The minimum absolute atomic E-state index is 0.00919. The molecule has 0 saturated carbocycles. The summed E-state index contributed by atoms with van der Waals surface area (Å²) in [6.45, 7) is 1.78. The number of carboxylic acids is 1. The summed E-state index contributed by atoms with van der Waals surface area (Å²) in [5.74, 6) is -3.40. The third-order valence-corrected chi connectivity index (χ3v) is 5.09. The molecule has 7 heteroatoms. The molecule has 0 N–H and O–H groups in total. The summed E-state index contributed by atoms with van der Waals surface area (Å²) in [6.07, 6.45) is 3.19. The molecule has 2 saturated heterocycles. The standard InChI is InChI=1S/C16H12ClNO5/c1-16-5-4-10(23-16)11-12(16)14(20)18(13(11)19)7-2-3-9(17)8(6-7)15(21)22/h2-6,10-12H,1H3,(H,21,22)/p-1. The number of benzene rings is 1. The first-order valence-electron chi connectivity index (χ1n) is 7.09. The maximum Gasteiger partial charge on any atom is 0.241 e. The van der Waals surface area contributed by atoms with Gasteiger partial charge in [-0.3, -0.25) is 9.59 Å². The maximum atomic E-state index is 12.8. The molecule has 3 aliphatic rings. The van der Waals surface area contributed by atoms with Crippen molar-refractivity contribution in [1.82, 2.24) is 0 Å². The summed E-state index contributed by atoms with van der Waals surface area (Å²) in [5, 5.41) is 11.1. The van der Waals surface area contributed by atoms with E-state index >= 15 is 0 Å². The average molecular weight is 333 g/mol. The second-order valence-electron chi connectivity index (χ2n) is 6.09. The van der Waals surface area contributed by atoms with E-state index in [1.165, 1.54) is 18.2 Å². The number of halogens is 1. The number of amides is 2. The number of fused-ring (bicyclic) bond motifs is 5. The summed E-state index contributed by atoms with van der Waals surface area (Å²) in [7, 11) is 0. The number of ether oxygens (including phenoxy) is 1. The molecule has 3 heterocycles. The van der Waals surface area contributed by atoms with Crippen LogP contribution in [0.2, 0.25) is 5.02 Å². The lowest BCUT2D eigenvalue weighted by Crippen LogP contribution is -2.38. The summed E-state index contributed by atoms with van der Waals surface area (Å²) in [5.41, 5.74) is -0.869. The molecule has 4 unspecified atom stereocenters. The van der Waals surface area contributed by atoms with Gasteiger partial charge in [-0.05, 0) is 25.1 Å². The number of rotatable bonds is 2. The third kappa shape index (κ3) is 1.76. The number of carbonyl (C=O) groups is 3.